The molecule has 0 atom stereocenters. The van der Waals surface area contributed by atoms with Gasteiger partial charge in [0.1, 0.15) is 0 Å². The average Bonchev–Trinajstić information content (AvgIpc) is 2.57. The van der Waals surface area contributed by atoms with Crippen LogP contribution in [-0.4, -0.2) is 40.3 Å². The molecule has 2 aromatic rings. The highest BCUT2D eigenvalue weighted by atomic mass is 16.2. The lowest BCUT2D eigenvalue weighted by Crippen LogP contribution is -2.35. The van der Waals surface area contributed by atoms with Crippen molar-refractivity contribution >= 4 is 34.2 Å². The van der Waals surface area contributed by atoms with E-state index in [2.05, 4.69) is 10.6 Å². The van der Waals surface area contributed by atoms with E-state index in [4.69, 9.17) is 0 Å². The molecule has 0 heterocycles. The van der Waals surface area contributed by atoms with Crippen LogP contribution in [0.5, 0.6) is 0 Å². The van der Waals surface area contributed by atoms with Crippen molar-refractivity contribution < 1.29 is 9.59 Å². The van der Waals surface area contributed by atoms with E-state index in [1.807, 2.05) is 36.4 Å². The second-order valence-electron chi connectivity index (χ2n) is 4.88. The maximum absolute atomic E-state index is 11.9. The summed E-state index contributed by atoms with van der Waals surface area (Å²) in [6.07, 6.45) is 0. The van der Waals surface area contributed by atoms with Crippen LogP contribution in [0.1, 0.15) is 0 Å². The molecular weight excluding hydrogens is 280 g/mol. The Labute approximate surface area is 129 Å². The number of benzene rings is 2. The second kappa shape index (κ2) is 6.34. The minimum absolute atomic E-state index is 0.197. The summed E-state index contributed by atoms with van der Waals surface area (Å²) in [5.74, 6) is 0. The van der Waals surface area contributed by atoms with Gasteiger partial charge in [0, 0.05) is 39.0 Å². The van der Waals surface area contributed by atoms with Crippen molar-refractivity contribution in [3.8, 4) is 0 Å². The van der Waals surface area contributed by atoms with E-state index in [-0.39, 0.29) is 12.1 Å². The van der Waals surface area contributed by atoms with Gasteiger partial charge in [-0.1, -0.05) is 24.3 Å². The lowest BCUT2D eigenvalue weighted by molar-refractivity contribution is 0.248. The SMILES string of the molecule is CNC(=O)N(C)c1cccc2c(N(C)C(=O)NC)cccc12. The number of fused-ring (bicyclic) bond motifs is 1. The molecule has 0 aliphatic rings. The molecule has 4 amide bonds. The summed E-state index contributed by atoms with van der Waals surface area (Å²) in [6.45, 7) is 0. The minimum atomic E-state index is -0.197. The first-order chi connectivity index (χ1) is 10.5. The van der Waals surface area contributed by atoms with Gasteiger partial charge in [0.25, 0.3) is 0 Å². The molecule has 0 bridgehead atoms. The molecule has 0 aliphatic heterocycles. The van der Waals surface area contributed by atoms with Crippen molar-refractivity contribution in [3.05, 3.63) is 36.4 Å². The molecule has 116 valence electrons. The topological polar surface area (TPSA) is 64.7 Å². The lowest BCUT2D eigenvalue weighted by Gasteiger charge is -2.22. The van der Waals surface area contributed by atoms with Gasteiger partial charge in [-0.05, 0) is 12.1 Å². The number of carbonyl (C=O) groups excluding carboxylic acids is 2. The number of amides is 4. The summed E-state index contributed by atoms with van der Waals surface area (Å²) < 4.78 is 0. The summed E-state index contributed by atoms with van der Waals surface area (Å²) in [6, 6.07) is 11.0. The zero-order chi connectivity index (χ0) is 16.3. The molecular formula is C16H20N4O2. The Bertz CT molecular complexity index is 653. The zero-order valence-electron chi connectivity index (χ0n) is 13.2. The molecule has 0 unspecified atom stereocenters. The first-order valence-electron chi connectivity index (χ1n) is 6.94. The molecule has 0 spiro atoms. The van der Waals surface area contributed by atoms with Gasteiger partial charge in [-0.3, -0.25) is 9.80 Å². The van der Waals surface area contributed by atoms with Crippen molar-refractivity contribution in [2.24, 2.45) is 0 Å². The molecule has 0 radical (unpaired) electrons. The highest BCUT2D eigenvalue weighted by Gasteiger charge is 2.16. The number of hydrogen-bond donors (Lipinski definition) is 2. The first-order valence-corrected chi connectivity index (χ1v) is 6.94. The second-order valence-corrected chi connectivity index (χ2v) is 4.88. The summed E-state index contributed by atoms with van der Waals surface area (Å²) >= 11 is 0. The molecule has 0 aliphatic carbocycles. The smallest absolute Gasteiger partial charge is 0.321 e. The fraction of sp³-hybridized carbons (Fsp3) is 0.250. The fourth-order valence-corrected chi connectivity index (χ4v) is 2.42. The van der Waals surface area contributed by atoms with Crippen molar-refractivity contribution in [2.75, 3.05) is 38.0 Å². The van der Waals surface area contributed by atoms with Gasteiger partial charge >= 0.3 is 12.1 Å². The third kappa shape index (κ3) is 2.67. The van der Waals surface area contributed by atoms with Crippen molar-refractivity contribution in [1.82, 2.24) is 10.6 Å². The quantitative estimate of drug-likeness (QED) is 0.894. The molecule has 2 rings (SSSR count). The molecule has 0 saturated carbocycles. The van der Waals surface area contributed by atoms with E-state index < -0.39 is 0 Å². The highest BCUT2D eigenvalue weighted by molar-refractivity contribution is 6.09. The highest BCUT2D eigenvalue weighted by Crippen LogP contribution is 2.32. The van der Waals surface area contributed by atoms with Crippen molar-refractivity contribution in [2.45, 2.75) is 0 Å². The molecule has 6 nitrogen and oxygen atoms in total. The number of nitrogens with zero attached hydrogens (tertiary/aromatic N) is 2. The van der Waals surface area contributed by atoms with Crippen LogP contribution in [0.3, 0.4) is 0 Å². The monoisotopic (exact) mass is 300 g/mol. The van der Waals surface area contributed by atoms with E-state index in [1.54, 1.807) is 38.0 Å². The largest absolute Gasteiger partial charge is 0.341 e. The van der Waals surface area contributed by atoms with E-state index >= 15 is 0 Å². The van der Waals surface area contributed by atoms with Gasteiger partial charge in [-0.2, -0.15) is 0 Å². The van der Waals surface area contributed by atoms with E-state index in [0.717, 1.165) is 22.1 Å². The standard InChI is InChI=1S/C16H20N4O2/c1-17-15(21)19(3)13-9-5-8-12-11(13)7-6-10-14(12)20(4)16(22)18-2/h5-10H,1-4H3,(H,17,21)(H,18,22). The summed E-state index contributed by atoms with van der Waals surface area (Å²) in [7, 11) is 6.61. The normalized spacial score (nSPS) is 10.2. The molecule has 2 N–H and O–H groups in total. The number of carbonyl (C=O) groups is 2. The number of urea groups is 2. The third-order valence-corrected chi connectivity index (χ3v) is 3.64. The van der Waals surface area contributed by atoms with Gasteiger partial charge in [0.15, 0.2) is 0 Å². The lowest BCUT2D eigenvalue weighted by atomic mass is 10.1. The molecule has 0 aromatic heterocycles. The number of hydrogen-bond acceptors (Lipinski definition) is 2. The first kappa shape index (κ1) is 15.6. The minimum Gasteiger partial charge on any atom is -0.341 e. The van der Waals surface area contributed by atoms with Crippen LogP contribution in [0, 0.1) is 0 Å². The summed E-state index contributed by atoms with van der Waals surface area (Å²) in [5, 5.41) is 7.02. The maximum Gasteiger partial charge on any atom is 0.321 e. The van der Waals surface area contributed by atoms with Gasteiger partial charge in [-0.25, -0.2) is 9.59 Å². The van der Waals surface area contributed by atoms with Crippen molar-refractivity contribution in [1.29, 1.82) is 0 Å². The van der Waals surface area contributed by atoms with Crippen molar-refractivity contribution in [3.63, 3.8) is 0 Å². The van der Waals surface area contributed by atoms with Gasteiger partial charge in [0.2, 0.25) is 0 Å². The summed E-state index contributed by atoms with van der Waals surface area (Å²) in [5.41, 5.74) is 1.56. The Morgan fingerprint density at radius 2 is 1.14 bits per heavy atom. The van der Waals surface area contributed by atoms with E-state index in [1.165, 1.54) is 0 Å². The number of anilines is 2. The van der Waals surface area contributed by atoms with Crippen LogP contribution in [0.2, 0.25) is 0 Å². The van der Waals surface area contributed by atoms with Gasteiger partial charge in [0.05, 0.1) is 11.4 Å². The van der Waals surface area contributed by atoms with Crippen LogP contribution in [0.15, 0.2) is 36.4 Å². The third-order valence-electron chi connectivity index (χ3n) is 3.64. The van der Waals surface area contributed by atoms with E-state index in [9.17, 15) is 9.59 Å². The van der Waals surface area contributed by atoms with Crippen LogP contribution in [-0.2, 0) is 0 Å². The van der Waals surface area contributed by atoms with E-state index in [0.29, 0.717) is 0 Å². The van der Waals surface area contributed by atoms with Gasteiger partial charge in [-0.15, -0.1) is 0 Å². The zero-order valence-corrected chi connectivity index (χ0v) is 13.2. The van der Waals surface area contributed by atoms with Crippen LogP contribution in [0.4, 0.5) is 21.0 Å². The average molecular weight is 300 g/mol. The molecule has 0 saturated heterocycles. The Balaban J connectivity index is 2.61. The molecule has 2 aromatic carbocycles. The Morgan fingerprint density at radius 3 is 1.45 bits per heavy atom. The molecule has 6 heteroatoms. The predicted octanol–water partition coefficient (Wildman–Crippen LogP) is 2.39. The number of nitrogens with one attached hydrogen (secondary N) is 2. The Morgan fingerprint density at radius 1 is 0.773 bits per heavy atom. The molecule has 22 heavy (non-hydrogen) atoms. The maximum atomic E-state index is 11.9. The van der Waals surface area contributed by atoms with Gasteiger partial charge < -0.3 is 10.6 Å². The van der Waals surface area contributed by atoms with Crippen LogP contribution >= 0.6 is 0 Å². The molecule has 0 fully saturated rings. The Hall–Kier alpha value is -2.76. The van der Waals surface area contributed by atoms with Crippen LogP contribution < -0.4 is 20.4 Å². The summed E-state index contributed by atoms with van der Waals surface area (Å²) in [4.78, 5) is 26.8. The number of rotatable bonds is 2. The Kier molecular flexibility index (Phi) is 4.50. The fourth-order valence-electron chi connectivity index (χ4n) is 2.42. The van der Waals surface area contributed by atoms with Crippen LogP contribution in [0.25, 0.3) is 10.8 Å². The predicted molar refractivity (Wildman–Crippen MR) is 89.7 cm³/mol.